The highest BCUT2D eigenvalue weighted by Crippen LogP contribution is 2.22. The minimum absolute atomic E-state index is 0.163. The van der Waals surface area contributed by atoms with Crippen LogP contribution in [0.1, 0.15) is 10.4 Å². The first-order valence-corrected chi connectivity index (χ1v) is 7.69. The smallest absolute Gasteiger partial charge is 0.261 e. The SMILES string of the molecule is O=C(CO/N=C/c1c(Cl)cccc1Cl)NCc1cccs1. The molecule has 0 spiro atoms. The van der Waals surface area contributed by atoms with Crippen LogP contribution in [0.25, 0.3) is 0 Å². The first-order valence-electron chi connectivity index (χ1n) is 6.05. The third kappa shape index (κ3) is 5.04. The molecule has 0 saturated heterocycles. The van der Waals surface area contributed by atoms with Crippen LogP contribution in [0.3, 0.4) is 0 Å². The maximum atomic E-state index is 11.5. The van der Waals surface area contributed by atoms with Crippen LogP contribution in [-0.2, 0) is 16.2 Å². The van der Waals surface area contributed by atoms with Crippen molar-refractivity contribution in [3.05, 3.63) is 56.2 Å². The van der Waals surface area contributed by atoms with Gasteiger partial charge in [-0.3, -0.25) is 4.79 Å². The number of carbonyl (C=O) groups is 1. The first-order chi connectivity index (χ1) is 10.2. The molecule has 0 aliphatic heterocycles. The predicted molar refractivity (Wildman–Crippen MR) is 86.2 cm³/mol. The molecule has 0 unspecified atom stereocenters. The molecular weight excluding hydrogens is 331 g/mol. The summed E-state index contributed by atoms with van der Waals surface area (Å²) in [5.74, 6) is -0.245. The van der Waals surface area contributed by atoms with Crippen molar-refractivity contribution in [3.8, 4) is 0 Å². The van der Waals surface area contributed by atoms with Crippen molar-refractivity contribution in [2.75, 3.05) is 6.61 Å². The molecule has 1 amide bonds. The van der Waals surface area contributed by atoms with Crippen LogP contribution >= 0.6 is 34.5 Å². The van der Waals surface area contributed by atoms with Gasteiger partial charge in [0.05, 0.1) is 22.8 Å². The summed E-state index contributed by atoms with van der Waals surface area (Å²) in [4.78, 5) is 17.5. The Morgan fingerprint density at radius 3 is 2.71 bits per heavy atom. The molecule has 0 radical (unpaired) electrons. The number of carbonyl (C=O) groups excluding carboxylic acids is 1. The topological polar surface area (TPSA) is 50.7 Å². The molecule has 0 bridgehead atoms. The highest BCUT2D eigenvalue weighted by atomic mass is 35.5. The fraction of sp³-hybridized carbons (Fsp3) is 0.143. The van der Waals surface area contributed by atoms with E-state index in [2.05, 4.69) is 10.5 Å². The van der Waals surface area contributed by atoms with Gasteiger partial charge in [0, 0.05) is 10.4 Å². The van der Waals surface area contributed by atoms with Crippen molar-refractivity contribution in [2.24, 2.45) is 5.16 Å². The van der Waals surface area contributed by atoms with Gasteiger partial charge in [-0.15, -0.1) is 11.3 Å². The Kier molecular flexibility index (Phi) is 6.04. The van der Waals surface area contributed by atoms with E-state index >= 15 is 0 Å². The van der Waals surface area contributed by atoms with Crippen LogP contribution in [0.5, 0.6) is 0 Å². The molecular formula is C14H12Cl2N2O2S. The average Bonchev–Trinajstić information content (AvgIpc) is 2.97. The molecule has 0 saturated carbocycles. The Morgan fingerprint density at radius 1 is 1.29 bits per heavy atom. The average molecular weight is 343 g/mol. The number of thiophene rings is 1. The standard InChI is InChI=1S/C14H12Cl2N2O2S/c15-12-4-1-5-13(16)11(12)8-18-20-9-14(19)17-7-10-3-2-6-21-10/h1-6,8H,7,9H2,(H,17,19)/b18-8+. The maximum Gasteiger partial charge on any atom is 0.261 e. The van der Waals surface area contributed by atoms with Gasteiger partial charge in [-0.2, -0.15) is 0 Å². The van der Waals surface area contributed by atoms with Gasteiger partial charge in [0.2, 0.25) is 0 Å². The highest BCUT2D eigenvalue weighted by molar-refractivity contribution is 7.09. The number of halogens is 2. The maximum absolute atomic E-state index is 11.5. The lowest BCUT2D eigenvalue weighted by atomic mass is 10.2. The molecule has 2 rings (SSSR count). The lowest BCUT2D eigenvalue weighted by Crippen LogP contribution is -2.26. The van der Waals surface area contributed by atoms with Crippen molar-refractivity contribution in [1.82, 2.24) is 5.32 Å². The van der Waals surface area contributed by atoms with Gasteiger partial charge >= 0.3 is 0 Å². The fourth-order valence-electron chi connectivity index (χ4n) is 1.47. The molecule has 4 nitrogen and oxygen atoms in total. The fourth-order valence-corrected chi connectivity index (χ4v) is 2.61. The molecule has 110 valence electrons. The van der Waals surface area contributed by atoms with E-state index in [0.717, 1.165) is 4.88 Å². The zero-order valence-electron chi connectivity index (χ0n) is 10.9. The zero-order chi connectivity index (χ0) is 15.1. The summed E-state index contributed by atoms with van der Waals surface area (Å²) in [6, 6.07) is 9.01. The third-order valence-corrected chi connectivity index (χ3v) is 4.03. The van der Waals surface area contributed by atoms with Crippen LogP contribution in [0, 0.1) is 0 Å². The number of oxime groups is 1. The Bertz CT molecular complexity index is 610. The summed E-state index contributed by atoms with van der Waals surface area (Å²) in [7, 11) is 0. The van der Waals surface area contributed by atoms with Gasteiger partial charge in [-0.05, 0) is 23.6 Å². The minimum atomic E-state index is -0.245. The summed E-state index contributed by atoms with van der Waals surface area (Å²) in [5.41, 5.74) is 0.555. The Morgan fingerprint density at radius 2 is 2.05 bits per heavy atom. The molecule has 7 heteroatoms. The number of benzene rings is 1. The molecule has 1 heterocycles. The molecule has 0 aliphatic rings. The summed E-state index contributed by atoms with van der Waals surface area (Å²) in [6.45, 7) is 0.323. The summed E-state index contributed by atoms with van der Waals surface area (Å²) >= 11 is 13.5. The number of nitrogens with one attached hydrogen (secondary N) is 1. The number of hydrogen-bond donors (Lipinski definition) is 1. The molecule has 1 aromatic heterocycles. The van der Waals surface area contributed by atoms with E-state index in [9.17, 15) is 4.79 Å². The predicted octanol–water partition coefficient (Wildman–Crippen LogP) is 3.72. The zero-order valence-corrected chi connectivity index (χ0v) is 13.2. The van der Waals surface area contributed by atoms with Crippen LogP contribution in [0.2, 0.25) is 10.0 Å². The van der Waals surface area contributed by atoms with Gasteiger partial charge in [0.15, 0.2) is 6.61 Å². The van der Waals surface area contributed by atoms with E-state index in [1.807, 2.05) is 17.5 Å². The minimum Gasteiger partial charge on any atom is -0.386 e. The molecule has 1 aromatic carbocycles. The highest BCUT2D eigenvalue weighted by Gasteiger charge is 2.04. The van der Waals surface area contributed by atoms with Crippen molar-refractivity contribution < 1.29 is 9.63 Å². The molecule has 2 aromatic rings. The van der Waals surface area contributed by atoms with E-state index in [1.165, 1.54) is 6.21 Å². The van der Waals surface area contributed by atoms with Gasteiger partial charge in [0.25, 0.3) is 5.91 Å². The summed E-state index contributed by atoms with van der Waals surface area (Å²) in [5, 5.41) is 9.32. The number of nitrogens with zero attached hydrogens (tertiary/aromatic N) is 1. The lowest BCUT2D eigenvalue weighted by Gasteiger charge is -2.03. The van der Waals surface area contributed by atoms with Crippen LogP contribution in [0.4, 0.5) is 0 Å². The second-order valence-corrected chi connectivity index (χ2v) is 5.85. The van der Waals surface area contributed by atoms with Crippen molar-refractivity contribution in [2.45, 2.75) is 6.54 Å². The van der Waals surface area contributed by atoms with Crippen LogP contribution in [0.15, 0.2) is 40.9 Å². The van der Waals surface area contributed by atoms with Crippen LogP contribution in [-0.4, -0.2) is 18.7 Å². The second-order valence-electron chi connectivity index (χ2n) is 4.00. The van der Waals surface area contributed by atoms with E-state index in [4.69, 9.17) is 28.0 Å². The van der Waals surface area contributed by atoms with Gasteiger partial charge < -0.3 is 10.2 Å². The van der Waals surface area contributed by atoms with E-state index in [1.54, 1.807) is 29.5 Å². The molecule has 1 N–H and O–H groups in total. The molecule has 0 atom stereocenters. The van der Waals surface area contributed by atoms with Crippen molar-refractivity contribution >= 4 is 46.7 Å². The van der Waals surface area contributed by atoms with Crippen molar-refractivity contribution in [1.29, 1.82) is 0 Å². The van der Waals surface area contributed by atoms with E-state index in [-0.39, 0.29) is 12.5 Å². The third-order valence-electron chi connectivity index (χ3n) is 2.49. The van der Waals surface area contributed by atoms with E-state index < -0.39 is 0 Å². The largest absolute Gasteiger partial charge is 0.386 e. The van der Waals surface area contributed by atoms with Crippen molar-refractivity contribution in [3.63, 3.8) is 0 Å². The Hall–Kier alpha value is -1.56. The number of amides is 1. The number of hydrogen-bond acceptors (Lipinski definition) is 4. The van der Waals surface area contributed by atoms with E-state index in [0.29, 0.717) is 22.2 Å². The Labute approximate surface area is 136 Å². The first kappa shape index (κ1) is 15.8. The second kappa shape index (κ2) is 8.02. The van der Waals surface area contributed by atoms with Gasteiger partial charge in [-0.25, -0.2) is 0 Å². The van der Waals surface area contributed by atoms with Crippen LogP contribution < -0.4 is 5.32 Å². The lowest BCUT2D eigenvalue weighted by molar-refractivity contribution is -0.125. The molecule has 0 fully saturated rings. The molecule has 21 heavy (non-hydrogen) atoms. The quantitative estimate of drug-likeness (QED) is 0.642. The monoisotopic (exact) mass is 342 g/mol. The summed E-state index contributed by atoms with van der Waals surface area (Å²) < 4.78 is 0. The van der Waals surface area contributed by atoms with Gasteiger partial charge in [-0.1, -0.05) is 40.5 Å². The van der Waals surface area contributed by atoms with Gasteiger partial charge in [0.1, 0.15) is 0 Å². The number of rotatable bonds is 6. The Balaban J connectivity index is 1.76. The molecule has 0 aliphatic carbocycles. The summed E-state index contributed by atoms with van der Waals surface area (Å²) in [6.07, 6.45) is 1.39. The normalized spacial score (nSPS) is 10.8.